The van der Waals surface area contributed by atoms with Gasteiger partial charge in [-0.2, -0.15) is 15.2 Å². The Bertz CT molecular complexity index is 673. The Morgan fingerprint density at radius 2 is 2.05 bits per heavy atom. The van der Waals surface area contributed by atoms with Gasteiger partial charge >= 0.3 is 0 Å². The van der Waals surface area contributed by atoms with Gasteiger partial charge in [-0.05, 0) is 25.5 Å². The first kappa shape index (κ1) is 15.1. The molecular formula is C12H12FN3O2S. The molecule has 0 amide bonds. The van der Waals surface area contributed by atoms with Gasteiger partial charge in [0.2, 0.25) is 10.0 Å². The second-order valence-electron chi connectivity index (χ2n) is 4.13. The maximum absolute atomic E-state index is 13.4. The van der Waals surface area contributed by atoms with E-state index in [0.29, 0.717) is 0 Å². The average Bonchev–Trinajstić information content (AvgIpc) is 2.37. The van der Waals surface area contributed by atoms with Crippen molar-refractivity contribution in [2.45, 2.75) is 30.7 Å². The Hall–Kier alpha value is -1.96. The zero-order chi connectivity index (χ0) is 14.7. The third-order valence-electron chi connectivity index (χ3n) is 2.69. The zero-order valence-corrected chi connectivity index (χ0v) is 11.3. The van der Waals surface area contributed by atoms with Crippen LogP contribution >= 0.6 is 0 Å². The lowest BCUT2D eigenvalue weighted by molar-refractivity contribution is 0.494. The van der Waals surface area contributed by atoms with Crippen LogP contribution in [0.5, 0.6) is 0 Å². The highest BCUT2D eigenvalue weighted by Gasteiger charge is 2.31. The van der Waals surface area contributed by atoms with Gasteiger partial charge in [0, 0.05) is 0 Å². The second-order valence-corrected chi connectivity index (χ2v) is 5.78. The van der Waals surface area contributed by atoms with E-state index in [0.717, 1.165) is 12.1 Å². The molecule has 0 saturated carbocycles. The Morgan fingerprint density at radius 3 is 2.53 bits per heavy atom. The van der Waals surface area contributed by atoms with Gasteiger partial charge in [0.15, 0.2) is 0 Å². The van der Waals surface area contributed by atoms with Gasteiger partial charge in [0.05, 0.1) is 6.07 Å². The van der Waals surface area contributed by atoms with E-state index in [1.165, 1.54) is 19.1 Å². The summed E-state index contributed by atoms with van der Waals surface area (Å²) in [5, 5.41) is 17.8. The molecular weight excluding hydrogens is 269 g/mol. The average molecular weight is 281 g/mol. The number of sulfonamides is 1. The van der Waals surface area contributed by atoms with E-state index in [1.54, 1.807) is 6.92 Å². The summed E-state index contributed by atoms with van der Waals surface area (Å²) in [5.41, 5.74) is -1.87. The third-order valence-corrected chi connectivity index (χ3v) is 4.33. The van der Waals surface area contributed by atoms with Crippen molar-refractivity contribution in [1.29, 1.82) is 10.5 Å². The van der Waals surface area contributed by atoms with Gasteiger partial charge in [-0.15, -0.1) is 0 Å². The van der Waals surface area contributed by atoms with Crippen molar-refractivity contribution in [2.24, 2.45) is 0 Å². The summed E-state index contributed by atoms with van der Waals surface area (Å²) in [6, 6.07) is 6.67. The minimum Gasteiger partial charge on any atom is -0.207 e. The van der Waals surface area contributed by atoms with Gasteiger partial charge in [0.1, 0.15) is 27.9 Å². The van der Waals surface area contributed by atoms with Gasteiger partial charge in [-0.25, -0.2) is 12.8 Å². The molecule has 19 heavy (non-hydrogen) atoms. The van der Waals surface area contributed by atoms with Crippen LogP contribution in [0.25, 0.3) is 0 Å². The molecule has 100 valence electrons. The van der Waals surface area contributed by atoms with Crippen molar-refractivity contribution in [2.75, 3.05) is 0 Å². The first-order chi connectivity index (χ1) is 8.79. The summed E-state index contributed by atoms with van der Waals surface area (Å²) in [4.78, 5) is -0.468. The Balaban J connectivity index is 3.36. The number of nitrogens with one attached hydrogen (secondary N) is 1. The fourth-order valence-electron chi connectivity index (χ4n) is 1.36. The van der Waals surface area contributed by atoms with E-state index >= 15 is 0 Å². The number of hydrogen-bond donors (Lipinski definition) is 1. The number of halogens is 1. The minimum atomic E-state index is -4.14. The number of nitriles is 2. The molecule has 1 aromatic rings. The largest absolute Gasteiger partial charge is 0.243 e. The highest BCUT2D eigenvalue weighted by Crippen LogP contribution is 2.20. The molecule has 1 aromatic carbocycles. The lowest BCUT2D eigenvalue weighted by Gasteiger charge is -2.21. The van der Waals surface area contributed by atoms with E-state index in [2.05, 4.69) is 4.72 Å². The SMILES string of the molecule is CCC(C)(C#N)NS(=O)(=O)c1cccc(F)c1C#N. The predicted octanol–water partition coefficient (Wildman–Crippen LogP) is 1.67. The van der Waals surface area contributed by atoms with Crippen molar-refractivity contribution in [3.63, 3.8) is 0 Å². The highest BCUT2D eigenvalue weighted by atomic mass is 32.2. The van der Waals surface area contributed by atoms with Crippen molar-refractivity contribution >= 4 is 10.0 Å². The molecule has 1 atom stereocenters. The molecule has 1 unspecified atom stereocenters. The molecule has 1 rings (SSSR count). The molecule has 1 N–H and O–H groups in total. The van der Waals surface area contributed by atoms with Crippen LogP contribution in [0.1, 0.15) is 25.8 Å². The Labute approximate surface area is 111 Å². The Kier molecular flexibility index (Phi) is 4.25. The molecule has 0 heterocycles. The molecule has 0 saturated heterocycles. The van der Waals surface area contributed by atoms with E-state index in [9.17, 15) is 12.8 Å². The summed E-state index contributed by atoms with van der Waals surface area (Å²) in [6.07, 6.45) is 0.236. The molecule has 7 heteroatoms. The number of hydrogen-bond acceptors (Lipinski definition) is 4. The number of benzene rings is 1. The van der Waals surface area contributed by atoms with Crippen molar-refractivity contribution in [1.82, 2.24) is 4.72 Å². The summed E-state index contributed by atoms with van der Waals surface area (Å²) in [6.45, 7) is 3.05. The van der Waals surface area contributed by atoms with Gasteiger partial charge in [0.25, 0.3) is 0 Å². The van der Waals surface area contributed by atoms with Crippen LogP contribution in [-0.4, -0.2) is 14.0 Å². The fourth-order valence-corrected chi connectivity index (χ4v) is 2.93. The quantitative estimate of drug-likeness (QED) is 0.908. The maximum atomic E-state index is 13.4. The molecule has 0 fully saturated rings. The lowest BCUT2D eigenvalue weighted by Crippen LogP contribution is -2.44. The molecule has 0 spiro atoms. The molecule has 5 nitrogen and oxygen atoms in total. The number of nitrogens with zero attached hydrogens (tertiary/aromatic N) is 2. The standard InChI is InChI=1S/C12H12FN3O2S/c1-3-12(2,8-15)16-19(17,18)11-6-4-5-10(13)9(11)7-14/h4-6,16H,3H2,1-2H3. The second kappa shape index (κ2) is 5.35. The van der Waals surface area contributed by atoms with Crippen LogP contribution in [0.15, 0.2) is 23.1 Å². The van der Waals surface area contributed by atoms with Crippen LogP contribution in [-0.2, 0) is 10.0 Å². The molecule has 0 bridgehead atoms. The van der Waals surface area contributed by atoms with E-state index < -0.39 is 31.8 Å². The molecule has 0 aliphatic rings. The van der Waals surface area contributed by atoms with Crippen LogP contribution < -0.4 is 4.72 Å². The molecule has 0 aliphatic carbocycles. The fraction of sp³-hybridized carbons (Fsp3) is 0.333. The van der Waals surface area contributed by atoms with Crippen LogP contribution in [0.4, 0.5) is 4.39 Å². The van der Waals surface area contributed by atoms with Crippen molar-refractivity contribution < 1.29 is 12.8 Å². The molecule has 0 radical (unpaired) electrons. The number of rotatable bonds is 4. The van der Waals surface area contributed by atoms with Crippen molar-refractivity contribution in [3.05, 3.63) is 29.6 Å². The van der Waals surface area contributed by atoms with E-state index in [1.807, 2.05) is 6.07 Å². The summed E-state index contributed by atoms with van der Waals surface area (Å²) in [7, 11) is -4.14. The minimum absolute atomic E-state index is 0.236. The summed E-state index contributed by atoms with van der Waals surface area (Å²) < 4.78 is 39.8. The van der Waals surface area contributed by atoms with Gasteiger partial charge in [-0.1, -0.05) is 13.0 Å². The van der Waals surface area contributed by atoms with Crippen LogP contribution in [0.2, 0.25) is 0 Å². The zero-order valence-electron chi connectivity index (χ0n) is 10.4. The maximum Gasteiger partial charge on any atom is 0.243 e. The predicted molar refractivity (Wildman–Crippen MR) is 65.7 cm³/mol. The first-order valence-electron chi connectivity index (χ1n) is 5.43. The van der Waals surface area contributed by atoms with E-state index in [4.69, 9.17) is 10.5 Å². The monoisotopic (exact) mass is 281 g/mol. The van der Waals surface area contributed by atoms with Crippen molar-refractivity contribution in [3.8, 4) is 12.1 Å². The first-order valence-corrected chi connectivity index (χ1v) is 6.92. The smallest absolute Gasteiger partial charge is 0.207 e. The van der Waals surface area contributed by atoms with E-state index in [-0.39, 0.29) is 6.42 Å². The van der Waals surface area contributed by atoms with Gasteiger partial charge in [-0.3, -0.25) is 0 Å². The molecule has 0 aromatic heterocycles. The molecule has 0 aliphatic heterocycles. The van der Waals surface area contributed by atoms with Gasteiger partial charge < -0.3 is 0 Å². The topological polar surface area (TPSA) is 93.8 Å². The van der Waals surface area contributed by atoms with Crippen LogP contribution in [0.3, 0.4) is 0 Å². The Morgan fingerprint density at radius 1 is 1.42 bits per heavy atom. The van der Waals surface area contributed by atoms with Crippen LogP contribution in [0, 0.1) is 28.5 Å². The lowest BCUT2D eigenvalue weighted by atomic mass is 10.0. The summed E-state index contributed by atoms with van der Waals surface area (Å²) >= 11 is 0. The third kappa shape index (κ3) is 3.08. The highest BCUT2D eigenvalue weighted by molar-refractivity contribution is 7.89. The summed E-state index contributed by atoms with van der Waals surface area (Å²) in [5.74, 6) is -0.916. The normalized spacial score (nSPS) is 14.2.